The molecule has 6 heteroatoms. The molecule has 0 fully saturated rings. The molecule has 25 heavy (non-hydrogen) atoms. The molecule has 6 nitrogen and oxygen atoms in total. The van der Waals surface area contributed by atoms with Crippen molar-refractivity contribution in [1.82, 2.24) is 15.0 Å². The van der Waals surface area contributed by atoms with Crippen molar-refractivity contribution in [2.24, 2.45) is 0 Å². The van der Waals surface area contributed by atoms with Gasteiger partial charge >= 0.3 is 0 Å². The highest BCUT2D eigenvalue weighted by Crippen LogP contribution is 2.14. The predicted octanol–water partition coefficient (Wildman–Crippen LogP) is 3.35. The number of nitrogens with one attached hydrogen (secondary N) is 2. The molecule has 0 saturated heterocycles. The summed E-state index contributed by atoms with van der Waals surface area (Å²) in [5.41, 5.74) is 4.25. The summed E-state index contributed by atoms with van der Waals surface area (Å²) >= 11 is 0. The summed E-state index contributed by atoms with van der Waals surface area (Å²) in [6.07, 6.45) is 6.52. The van der Waals surface area contributed by atoms with Crippen LogP contribution in [0.2, 0.25) is 0 Å². The Morgan fingerprint density at radius 3 is 2.48 bits per heavy atom. The van der Waals surface area contributed by atoms with Gasteiger partial charge in [0.05, 0.1) is 12.4 Å². The van der Waals surface area contributed by atoms with Crippen LogP contribution in [0.5, 0.6) is 0 Å². The number of benzene rings is 1. The molecule has 0 aliphatic carbocycles. The summed E-state index contributed by atoms with van der Waals surface area (Å²) in [6.45, 7) is 4.58. The summed E-state index contributed by atoms with van der Waals surface area (Å²) in [5.74, 6) is 0.322. The van der Waals surface area contributed by atoms with Crippen LogP contribution in [0.3, 0.4) is 0 Å². The second-order valence-electron chi connectivity index (χ2n) is 5.83. The third-order valence-electron chi connectivity index (χ3n) is 3.56. The number of nitrogens with zero attached hydrogens (tertiary/aromatic N) is 3. The molecule has 0 saturated carbocycles. The second-order valence-corrected chi connectivity index (χ2v) is 5.83. The Bertz CT molecular complexity index is 842. The van der Waals surface area contributed by atoms with Gasteiger partial charge in [0.15, 0.2) is 0 Å². The van der Waals surface area contributed by atoms with Crippen LogP contribution in [0.25, 0.3) is 0 Å². The van der Waals surface area contributed by atoms with Crippen molar-refractivity contribution >= 4 is 17.4 Å². The molecule has 0 atom stereocenters. The molecular formula is C19H19N5O. The van der Waals surface area contributed by atoms with E-state index in [1.54, 1.807) is 18.6 Å². The van der Waals surface area contributed by atoms with E-state index in [-0.39, 0.29) is 11.6 Å². The van der Waals surface area contributed by atoms with Crippen molar-refractivity contribution < 1.29 is 4.79 Å². The number of hydrogen-bond acceptors (Lipinski definition) is 5. The van der Waals surface area contributed by atoms with Gasteiger partial charge in [-0.3, -0.25) is 9.78 Å². The molecule has 1 amide bonds. The van der Waals surface area contributed by atoms with Crippen molar-refractivity contribution in [2.45, 2.75) is 20.4 Å². The molecule has 3 aromatic rings. The third-order valence-corrected chi connectivity index (χ3v) is 3.56. The van der Waals surface area contributed by atoms with Gasteiger partial charge in [0, 0.05) is 24.6 Å². The Morgan fingerprint density at radius 1 is 1.04 bits per heavy atom. The van der Waals surface area contributed by atoms with Crippen LogP contribution >= 0.6 is 0 Å². The highest BCUT2D eigenvalue weighted by Gasteiger charge is 2.09. The first kappa shape index (κ1) is 16.6. The van der Waals surface area contributed by atoms with E-state index in [9.17, 15) is 4.79 Å². The summed E-state index contributed by atoms with van der Waals surface area (Å²) in [7, 11) is 0. The minimum Gasteiger partial charge on any atom is -0.365 e. The SMILES string of the molecule is Cc1cc(C)cc(NC(=O)c2cnc(NCc3cccnc3)cn2)c1. The number of rotatable bonds is 5. The number of aromatic nitrogens is 3. The van der Waals surface area contributed by atoms with Gasteiger partial charge in [0.25, 0.3) is 5.91 Å². The lowest BCUT2D eigenvalue weighted by atomic mass is 10.1. The molecular weight excluding hydrogens is 314 g/mol. The van der Waals surface area contributed by atoms with E-state index >= 15 is 0 Å². The smallest absolute Gasteiger partial charge is 0.275 e. The maximum Gasteiger partial charge on any atom is 0.275 e. The van der Waals surface area contributed by atoms with Gasteiger partial charge < -0.3 is 10.6 Å². The Balaban J connectivity index is 1.62. The number of carbonyl (C=O) groups excluding carboxylic acids is 1. The van der Waals surface area contributed by atoms with Crippen LogP contribution in [0.15, 0.2) is 55.1 Å². The maximum atomic E-state index is 12.3. The first-order valence-corrected chi connectivity index (χ1v) is 7.94. The van der Waals surface area contributed by atoms with Gasteiger partial charge in [-0.05, 0) is 48.7 Å². The third kappa shape index (κ3) is 4.60. The largest absolute Gasteiger partial charge is 0.365 e. The number of carbonyl (C=O) groups is 1. The van der Waals surface area contributed by atoms with Crippen molar-refractivity contribution in [3.8, 4) is 0 Å². The van der Waals surface area contributed by atoms with Crippen LogP contribution in [-0.4, -0.2) is 20.9 Å². The Kier molecular flexibility index (Phi) is 4.99. The highest BCUT2D eigenvalue weighted by atomic mass is 16.1. The van der Waals surface area contributed by atoms with Gasteiger partial charge in [0.2, 0.25) is 0 Å². The molecule has 1 aromatic carbocycles. The summed E-state index contributed by atoms with van der Waals surface area (Å²) in [4.78, 5) is 24.8. The fraction of sp³-hybridized carbons (Fsp3) is 0.158. The van der Waals surface area contributed by atoms with E-state index in [2.05, 4.69) is 31.7 Å². The molecule has 2 heterocycles. The zero-order valence-electron chi connectivity index (χ0n) is 14.2. The fourth-order valence-corrected chi connectivity index (χ4v) is 2.47. The first-order valence-electron chi connectivity index (χ1n) is 7.94. The molecule has 0 aliphatic heterocycles. The highest BCUT2D eigenvalue weighted by molar-refractivity contribution is 6.02. The first-order chi connectivity index (χ1) is 12.1. The number of hydrogen-bond donors (Lipinski definition) is 2. The van der Waals surface area contributed by atoms with E-state index in [0.29, 0.717) is 12.4 Å². The maximum absolute atomic E-state index is 12.3. The molecule has 2 aromatic heterocycles. The normalized spacial score (nSPS) is 10.3. The second kappa shape index (κ2) is 7.53. The molecule has 0 bridgehead atoms. The minimum absolute atomic E-state index is 0.270. The van der Waals surface area contributed by atoms with Gasteiger partial charge in [-0.1, -0.05) is 12.1 Å². The van der Waals surface area contributed by atoms with Crippen LogP contribution in [0, 0.1) is 13.8 Å². The molecule has 2 N–H and O–H groups in total. The predicted molar refractivity (Wildman–Crippen MR) is 97.5 cm³/mol. The van der Waals surface area contributed by atoms with Crippen molar-refractivity contribution in [3.63, 3.8) is 0 Å². The van der Waals surface area contributed by atoms with Gasteiger partial charge in [-0.15, -0.1) is 0 Å². The molecule has 0 aliphatic rings. The van der Waals surface area contributed by atoms with E-state index in [0.717, 1.165) is 22.4 Å². The van der Waals surface area contributed by atoms with Crippen molar-refractivity contribution in [3.05, 3.63) is 77.5 Å². The Labute approximate surface area is 146 Å². The monoisotopic (exact) mass is 333 g/mol. The lowest BCUT2D eigenvalue weighted by Crippen LogP contribution is -2.14. The van der Waals surface area contributed by atoms with Crippen LogP contribution in [0.4, 0.5) is 11.5 Å². The molecule has 0 radical (unpaired) electrons. The van der Waals surface area contributed by atoms with Crippen molar-refractivity contribution in [1.29, 1.82) is 0 Å². The van der Waals surface area contributed by atoms with Crippen LogP contribution in [-0.2, 0) is 6.54 Å². The average molecular weight is 333 g/mol. The quantitative estimate of drug-likeness (QED) is 0.748. The zero-order chi connectivity index (χ0) is 17.6. The lowest BCUT2D eigenvalue weighted by Gasteiger charge is -2.08. The van der Waals surface area contributed by atoms with E-state index in [1.165, 1.54) is 6.20 Å². The summed E-state index contributed by atoms with van der Waals surface area (Å²) < 4.78 is 0. The summed E-state index contributed by atoms with van der Waals surface area (Å²) in [5, 5.41) is 5.99. The number of amides is 1. The van der Waals surface area contributed by atoms with E-state index in [1.807, 2.05) is 38.1 Å². The topological polar surface area (TPSA) is 79.8 Å². The average Bonchev–Trinajstić information content (AvgIpc) is 2.60. The Hall–Kier alpha value is -3.28. The van der Waals surface area contributed by atoms with Crippen LogP contribution in [0.1, 0.15) is 27.2 Å². The minimum atomic E-state index is -0.281. The molecule has 3 rings (SSSR count). The number of anilines is 2. The lowest BCUT2D eigenvalue weighted by molar-refractivity contribution is 0.102. The van der Waals surface area contributed by atoms with Crippen molar-refractivity contribution in [2.75, 3.05) is 10.6 Å². The zero-order valence-corrected chi connectivity index (χ0v) is 14.2. The van der Waals surface area contributed by atoms with Gasteiger partial charge in [-0.25, -0.2) is 9.97 Å². The van der Waals surface area contributed by atoms with Gasteiger partial charge in [-0.2, -0.15) is 0 Å². The number of pyridine rings is 1. The Morgan fingerprint density at radius 2 is 1.84 bits per heavy atom. The fourth-order valence-electron chi connectivity index (χ4n) is 2.47. The van der Waals surface area contributed by atoms with Crippen LogP contribution < -0.4 is 10.6 Å². The molecule has 0 unspecified atom stereocenters. The van der Waals surface area contributed by atoms with E-state index < -0.39 is 0 Å². The molecule has 0 spiro atoms. The molecule has 126 valence electrons. The van der Waals surface area contributed by atoms with Gasteiger partial charge in [0.1, 0.15) is 11.5 Å². The standard InChI is InChI=1S/C19H19N5O/c1-13-6-14(2)8-16(7-13)24-19(25)17-11-23-18(12-21-17)22-10-15-4-3-5-20-9-15/h3-9,11-12H,10H2,1-2H3,(H,22,23)(H,24,25). The van der Waals surface area contributed by atoms with E-state index in [4.69, 9.17) is 0 Å². The summed E-state index contributed by atoms with van der Waals surface area (Å²) in [6, 6.07) is 9.74. The number of aryl methyl sites for hydroxylation is 2.